The zero-order valence-corrected chi connectivity index (χ0v) is 13.6. The number of H-pyrrole nitrogens is 1. The standard InChI is InChI=1S/C16H23N3OS/c1-18(12-5-3-4-6-12)9-10-19-15-11-13(20-2)7-8-14(15)17-16(19)21/h7-8,11-12H,3-6,9-10H2,1-2H3,(H,17,21). The molecule has 4 nitrogen and oxygen atoms in total. The van der Waals surface area contributed by atoms with Gasteiger partial charge in [0, 0.05) is 25.2 Å². The summed E-state index contributed by atoms with van der Waals surface area (Å²) < 4.78 is 8.29. The van der Waals surface area contributed by atoms with E-state index in [4.69, 9.17) is 17.0 Å². The van der Waals surface area contributed by atoms with Gasteiger partial charge in [-0.05, 0) is 44.2 Å². The number of hydrogen-bond acceptors (Lipinski definition) is 3. The number of nitrogens with one attached hydrogen (secondary N) is 1. The minimum Gasteiger partial charge on any atom is -0.497 e. The highest BCUT2D eigenvalue weighted by atomic mass is 32.1. The Balaban J connectivity index is 1.79. The third-order valence-electron chi connectivity index (χ3n) is 4.61. The molecule has 3 rings (SSSR count). The molecule has 0 amide bonds. The van der Waals surface area contributed by atoms with E-state index in [0.29, 0.717) is 0 Å². The van der Waals surface area contributed by atoms with Crippen LogP contribution in [0.25, 0.3) is 11.0 Å². The van der Waals surface area contributed by atoms with Crippen LogP contribution < -0.4 is 4.74 Å². The van der Waals surface area contributed by atoms with Crippen molar-refractivity contribution in [2.75, 3.05) is 20.7 Å². The van der Waals surface area contributed by atoms with Gasteiger partial charge in [0.2, 0.25) is 0 Å². The monoisotopic (exact) mass is 305 g/mol. The van der Waals surface area contributed by atoms with Crippen molar-refractivity contribution in [3.8, 4) is 5.75 Å². The lowest BCUT2D eigenvalue weighted by molar-refractivity contribution is 0.237. The molecule has 1 fully saturated rings. The number of fused-ring (bicyclic) bond motifs is 1. The molecule has 21 heavy (non-hydrogen) atoms. The first kappa shape index (κ1) is 14.6. The Bertz CT molecular complexity index is 670. The molecule has 2 aromatic rings. The molecule has 0 atom stereocenters. The number of rotatable bonds is 5. The molecule has 1 aromatic heterocycles. The molecule has 1 aliphatic carbocycles. The largest absolute Gasteiger partial charge is 0.497 e. The van der Waals surface area contributed by atoms with Crippen LogP contribution in [-0.2, 0) is 6.54 Å². The summed E-state index contributed by atoms with van der Waals surface area (Å²) in [5.41, 5.74) is 2.20. The van der Waals surface area contributed by atoms with Crippen LogP contribution in [0, 0.1) is 4.77 Å². The maximum Gasteiger partial charge on any atom is 0.178 e. The minimum absolute atomic E-state index is 0.749. The number of imidazole rings is 1. The molecule has 1 aliphatic rings. The lowest BCUT2D eigenvalue weighted by Gasteiger charge is -2.24. The first-order valence-electron chi connectivity index (χ1n) is 7.66. The molecule has 5 heteroatoms. The summed E-state index contributed by atoms with van der Waals surface area (Å²) >= 11 is 5.47. The van der Waals surface area contributed by atoms with Gasteiger partial charge in [0.05, 0.1) is 18.1 Å². The molecule has 0 saturated heterocycles. The number of nitrogens with zero attached hydrogens (tertiary/aromatic N) is 2. The zero-order valence-electron chi connectivity index (χ0n) is 12.8. The second kappa shape index (κ2) is 6.20. The number of aromatic nitrogens is 2. The fraction of sp³-hybridized carbons (Fsp3) is 0.562. The zero-order chi connectivity index (χ0) is 14.8. The van der Waals surface area contributed by atoms with E-state index in [-0.39, 0.29) is 0 Å². The number of likely N-dealkylation sites (N-methyl/N-ethyl adjacent to an activating group) is 1. The number of ether oxygens (including phenoxy) is 1. The number of hydrogen-bond donors (Lipinski definition) is 1. The molecule has 0 bridgehead atoms. The number of methoxy groups -OCH3 is 1. The summed E-state index contributed by atoms with van der Waals surface area (Å²) in [4.78, 5) is 5.76. The Morgan fingerprint density at radius 2 is 2.14 bits per heavy atom. The smallest absolute Gasteiger partial charge is 0.178 e. The third-order valence-corrected chi connectivity index (χ3v) is 4.93. The second-order valence-corrected chi connectivity index (χ2v) is 6.27. The average Bonchev–Trinajstić information content (AvgIpc) is 3.11. The van der Waals surface area contributed by atoms with Crippen molar-refractivity contribution in [2.24, 2.45) is 0 Å². The Labute approximate surface area is 130 Å². The van der Waals surface area contributed by atoms with Crippen molar-refractivity contribution in [2.45, 2.75) is 38.3 Å². The molecule has 114 valence electrons. The first-order valence-corrected chi connectivity index (χ1v) is 8.06. The molecule has 1 saturated carbocycles. The van der Waals surface area contributed by atoms with Crippen molar-refractivity contribution in [1.29, 1.82) is 0 Å². The summed E-state index contributed by atoms with van der Waals surface area (Å²) in [5, 5.41) is 0. The maximum absolute atomic E-state index is 5.47. The number of benzene rings is 1. The summed E-state index contributed by atoms with van der Waals surface area (Å²) in [6.07, 6.45) is 5.42. The van der Waals surface area contributed by atoms with Gasteiger partial charge in [0.1, 0.15) is 5.75 Å². The first-order chi connectivity index (χ1) is 10.2. The summed E-state index contributed by atoms with van der Waals surface area (Å²) in [7, 11) is 3.93. The van der Waals surface area contributed by atoms with Crippen LogP contribution >= 0.6 is 12.2 Å². The molecule has 0 radical (unpaired) electrons. The lowest BCUT2D eigenvalue weighted by atomic mass is 10.2. The van der Waals surface area contributed by atoms with E-state index in [1.165, 1.54) is 25.7 Å². The molecular weight excluding hydrogens is 282 g/mol. The Hall–Kier alpha value is -1.33. The summed E-state index contributed by atoms with van der Waals surface area (Å²) in [6.45, 7) is 1.95. The fourth-order valence-electron chi connectivity index (χ4n) is 3.27. The van der Waals surface area contributed by atoms with Crippen LogP contribution in [0.4, 0.5) is 0 Å². The van der Waals surface area contributed by atoms with Gasteiger partial charge in [-0.2, -0.15) is 0 Å². The van der Waals surface area contributed by atoms with Gasteiger partial charge < -0.3 is 19.2 Å². The molecule has 1 N–H and O–H groups in total. The van der Waals surface area contributed by atoms with Crippen molar-refractivity contribution < 1.29 is 4.74 Å². The van der Waals surface area contributed by atoms with Gasteiger partial charge >= 0.3 is 0 Å². The Morgan fingerprint density at radius 1 is 1.38 bits per heavy atom. The van der Waals surface area contributed by atoms with Crippen molar-refractivity contribution in [3.05, 3.63) is 23.0 Å². The fourth-order valence-corrected chi connectivity index (χ4v) is 3.57. The van der Waals surface area contributed by atoms with Crippen molar-refractivity contribution >= 4 is 23.3 Å². The van der Waals surface area contributed by atoms with Gasteiger partial charge in [-0.3, -0.25) is 0 Å². The Kier molecular flexibility index (Phi) is 4.31. The van der Waals surface area contributed by atoms with Crippen LogP contribution in [0.5, 0.6) is 5.75 Å². The van der Waals surface area contributed by atoms with Crippen LogP contribution in [0.1, 0.15) is 25.7 Å². The highest BCUT2D eigenvalue weighted by molar-refractivity contribution is 7.71. The van der Waals surface area contributed by atoms with Gasteiger partial charge in [0.25, 0.3) is 0 Å². The SMILES string of the molecule is COc1ccc2[nH]c(=S)n(CCN(C)C3CCCC3)c2c1. The van der Waals surface area contributed by atoms with Gasteiger partial charge in [0.15, 0.2) is 4.77 Å². The summed E-state index contributed by atoms with van der Waals surface area (Å²) in [5.74, 6) is 0.870. The van der Waals surface area contributed by atoms with E-state index in [1.54, 1.807) is 7.11 Å². The second-order valence-electron chi connectivity index (χ2n) is 5.88. The van der Waals surface area contributed by atoms with E-state index in [9.17, 15) is 0 Å². The molecule has 0 unspecified atom stereocenters. The van der Waals surface area contributed by atoms with E-state index in [2.05, 4.69) is 27.6 Å². The molecular formula is C16H23N3OS. The van der Waals surface area contributed by atoms with Gasteiger partial charge in [-0.25, -0.2) is 0 Å². The predicted molar refractivity (Wildman–Crippen MR) is 88.6 cm³/mol. The number of aromatic amines is 1. The van der Waals surface area contributed by atoms with Crippen LogP contribution in [0.3, 0.4) is 0 Å². The van der Waals surface area contributed by atoms with Crippen LogP contribution in [0.2, 0.25) is 0 Å². The van der Waals surface area contributed by atoms with Crippen molar-refractivity contribution in [1.82, 2.24) is 14.5 Å². The average molecular weight is 305 g/mol. The topological polar surface area (TPSA) is 33.2 Å². The van der Waals surface area contributed by atoms with E-state index < -0.39 is 0 Å². The highest BCUT2D eigenvalue weighted by Crippen LogP contribution is 2.23. The molecule has 0 spiro atoms. The molecule has 0 aliphatic heterocycles. The van der Waals surface area contributed by atoms with Crippen molar-refractivity contribution in [3.63, 3.8) is 0 Å². The highest BCUT2D eigenvalue weighted by Gasteiger charge is 2.19. The molecule has 1 heterocycles. The molecule has 1 aromatic carbocycles. The lowest BCUT2D eigenvalue weighted by Crippen LogP contribution is -2.32. The normalized spacial score (nSPS) is 16.1. The predicted octanol–water partition coefficient (Wildman–Crippen LogP) is 3.58. The summed E-state index contributed by atoms with van der Waals surface area (Å²) in [6, 6.07) is 6.79. The van der Waals surface area contributed by atoms with Crippen LogP contribution in [-0.4, -0.2) is 41.2 Å². The third kappa shape index (κ3) is 2.99. The van der Waals surface area contributed by atoms with E-state index >= 15 is 0 Å². The van der Waals surface area contributed by atoms with E-state index in [0.717, 1.165) is 40.7 Å². The minimum atomic E-state index is 0.749. The van der Waals surface area contributed by atoms with Gasteiger partial charge in [-0.15, -0.1) is 0 Å². The quantitative estimate of drug-likeness (QED) is 0.857. The Morgan fingerprint density at radius 3 is 2.86 bits per heavy atom. The van der Waals surface area contributed by atoms with Gasteiger partial charge in [-0.1, -0.05) is 12.8 Å². The van der Waals surface area contributed by atoms with Crippen LogP contribution in [0.15, 0.2) is 18.2 Å². The maximum atomic E-state index is 5.47. The van der Waals surface area contributed by atoms with E-state index in [1.807, 2.05) is 12.1 Å².